The standard InChI is InChI=1S/C32H33ClO12/c1-15(34)21-7-9-22(10-8-21)28(40)24-13-23(11-12-26(24)33)27-29(42-17(3)36)25(14-41-16(2)35)30(43-18(4)37)32(45-20(6)39)31(27)44-19(5)38/h7-13,25,27,29-32H,14H2,1-6H3. The Bertz CT molecular complexity index is 1500. The zero-order chi connectivity index (χ0) is 33.6. The number of carbonyl (C=O) groups excluding carboxylic acids is 7. The number of hydrogen-bond donors (Lipinski definition) is 0. The number of halogens is 1. The summed E-state index contributed by atoms with van der Waals surface area (Å²) < 4.78 is 27.7. The summed E-state index contributed by atoms with van der Waals surface area (Å²) in [7, 11) is 0. The van der Waals surface area contributed by atoms with E-state index in [1.54, 1.807) is 0 Å². The first kappa shape index (κ1) is 34.9. The molecule has 0 spiro atoms. The van der Waals surface area contributed by atoms with Gasteiger partial charge in [0, 0.05) is 51.3 Å². The molecule has 0 amide bonds. The number of Topliss-reactive ketones (excluding diaryl/α,β-unsaturated/α-hetero) is 1. The van der Waals surface area contributed by atoms with E-state index in [0.29, 0.717) is 5.56 Å². The molecule has 6 atom stereocenters. The Morgan fingerprint density at radius 2 is 1.09 bits per heavy atom. The first-order chi connectivity index (χ1) is 21.1. The van der Waals surface area contributed by atoms with E-state index in [1.807, 2.05) is 0 Å². The van der Waals surface area contributed by atoms with Crippen molar-refractivity contribution in [1.29, 1.82) is 0 Å². The molecule has 2 aromatic rings. The highest BCUT2D eigenvalue weighted by atomic mass is 35.5. The Morgan fingerprint density at radius 1 is 0.600 bits per heavy atom. The van der Waals surface area contributed by atoms with Crippen LogP contribution in [0.2, 0.25) is 5.02 Å². The molecule has 1 aliphatic carbocycles. The molecular weight excluding hydrogens is 612 g/mol. The molecule has 0 bridgehead atoms. The molecule has 2 aromatic carbocycles. The van der Waals surface area contributed by atoms with Crippen molar-refractivity contribution in [2.75, 3.05) is 6.61 Å². The minimum atomic E-state index is -1.46. The molecule has 0 aromatic heterocycles. The zero-order valence-corrected chi connectivity index (χ0v) is 26.2. The van der Waals surface area contributed by atoms with Gasteiger partial charge in [0.2, 0.25) is 0 Å². The number of hydrogen-bond acceptors (Lipinski definition) is 12. The van der Waals surface area contributed by atoms with Crippen LogP contribution in [-0.2, 0) is 47.7 Å². The number of rotatable bonds is 10. The van der Waals surface area contributed by atoms with Gasteiger partial charge in [-0.3, -0.25) is 33.6 Å². The number of benzene rings is 2. The molecule has 3 rings (SSSR count). The minimum Gasteiger partial charge on any atom is -0.465 e. The molecule has 6 unspecified atom stereocenters. The average molecular weight is 645 g/mol. The Labute approximate surface area is 264 Å². The van der Waals surface area contributed by atoms with Crippen LogP contribution in [0, 0.1) is 5.92 Å². The molecule has 1 fully saturated rings. The summed E-state index contributed by atoms with van der Waals surface area (Å²) in [6, 6.07) is 10.3. The van der Waals surface area contributed by atoms with Crippen molar-refractivity contribution in [2.45, 2.75) is 71.9 Å². The lowest BCUT2D eigenvalue weighted by Gasteiger charge is -2.48. The van der Waals surface area contributed by atoms with Gasteiger partial charge in [-0.1, -0.05) is 41.9 Å². The predicted molar refractivity (Wildman–Crippen MR) is 156 cm³/mol. The molecular formula is C32H33ClO12. The first-order valence-corrected chi connectivity index (χ1v) is 14.3. The van der Waals surface area contributed by atoms with Crippen LogP contribution in [0.3, 0.4) is 0 Å². The minimum absolute atomic E-state index is 0.0237. The van der Waals surface area contributed by atoms with E-state index in [-0.39, 0.29) is 27.5 Å². The van der Waals surface area contributed by atoms with E-state index < -0.39 is 78.5 Å². The fourth-order valence-corrected chi connectivity index (χ4v) is 5.55. The number of esters is 5. The Balaban J connectivity index is 2.27. The van der Waals surface area contributed by atoms with Gasteiger partial charge in [-0.2, -0.15) is 0 Å². The summed E-state index contributed by atoms with van der Waals surface area (Å²) in [6.45, 7) is 6.52. The summed E-state index contributed by atoms with van der Waals surface area (Å²) in [6.07, 6.45) is -5.58. The molecule has 0 saturated heterocycles. The summed E-state index contributed by atoms with van der Waals surface area (Å²) in [5, 5.41) is 0.0639. The molecule has 0 aliphatic heterocycles. The van der Waals surface area contributed by atoms with E-state index in [2.05, 4.69) is 0 Å². The smallest absolute Gasteiger partial charge is 0.303 e. The second-order valence-corrected chi connectivity index (χ2v) is 10.9. The van der Waals surface area contributed by atoms with E-state index >= 15 is 0 Å². The fourth-order valence-electron chi connectivity index (χ4n) is 5.35. The van der Waals surface area contributed by atoms with E-state index in [1.165, 1.54) is 49.4 Å². The first-order valence-electron chi connectivity index (χ1n) is 13.9. The topological polar surface area (TPSA) is 166 Å². The third-order valence-corrected chi connectivity index (χ3v) is 7.39. The monoisotopic (exact) mass is 644 g/mol. The van der Waals surface area contributed by atoms with Crippen LogP contribution >= 0.6 is 11.6 Å². The maximum atomic E-state index is 13.6. The van der Waals surface area contributed by atoms with Crippen molar-refractivity contribution in [3.63, 3.8) is 0 Å². The van der Waals surface area contributed by atoms with Crippen molar-refractivity contribution in [2.24, 2.45) is 5.92 Å². The number of carbonyl (C=O) groups is 7. The summed E-state index contributed by atoms with van der Waals surface area (Å²) >= 11 is 6.46. The lowest BCUT2D eigenvalue weighted by molar-refractivity contribution is -0.222. The third-order valence-electron chi connectivity index (χ3n) is 7.06. The van der Waals surface area contributed by atoms with Crippen molar-refractivity contribution in [3.8, 4) is 0 Å². The molecule has 12 nitrogen and oxygen atoms in total. The quantitative estimate of drug-likeness (QED) is 0.209. The lowest BCUT2D eigenvalue weighted by atomic mass is 9.70. The van der Waals surface area contributed by atoms with Crippen molar-refractivity contribution >= 4 is 53.0 Å². The van der Waals surface area contributed by atoms with Gasteiger partial charge < -0.3 is 23.7 Å². The van der Waals surface area contributed by atoms with Crippen molar-refractivity contribution in [1.82, 2.24) is 0 Å². The number of ether oxygens (including phenoxy) is 5. The van der Waals surface area contributed by atoms with Crippen LogP contribution in [0.15, 0.2) is 42.5 Å². The van der Waals surface area contributed by atoms with Gasteiger partial charge in [0.25, 0.3) is 0 Å². The van der Waals surface area contributed by atoms with Gasteiger partial charge in [0.15, 0.2) is 29.9 Å². The highest BCUT2D eigenvalue weighted by Crippen LogP contribution is 2.44. The molecule has 0 heterocycles. The zero-order valence-electron chi connectivity index (χ0n) is 25.5. The van der Waals surface area contributed by atoms with E-state index in [9.17, 15) is 33.6 Å². The molecule has 240 valence electrons. The van der Waals surface area contributed by atoms with Crippen LogP contribution in [0.4, 0.5) is 0 Å². The van der Waals surface area contributed by atoms with Gasteiger partial charge in [0.1, 0.15) is 12.7 Å². The predicted octanol–water partition coefficient (Wildman–Crippen LogP) is 3.78. The Kier molecular flexibility index (Phi) is 11.6. The summed E-state index contributed by atoms with van der Waals surface area (Å²) in [4.78, 5) is 86.6. The fraction of sp³-hybridized carbons (Fsp3) is 0.406. The molecule has 1 aliphatic rings. The third kappa shape index (κ3) is 8.75. The van der Waals surface area contributed by atoms with Gasteiger partial charge >= 0.3 is 29.8 Å². The Hall–Kier alpha value is -4.58. The van der Waals surface area contributed by atoms with Crippen LogP contribution in [0.1, 0.15) is 79.3 Å². The largest absolute Gasteiger partial charge is 0.465 e. The van der Waals surface area contributed by atoms with Crippen LogP contribution in [0.5, 0.6) is 0 Å². The average Bonchev–Trinajstić information content (AvgIpc) is 2.94. The maximum Gasteiger partial charge on any atom is 0.303 e. The normalized spacial score (nSPS) is 22.4. The lowest BCUT2D eigenvalue weighted by Crippen LogP contribution is -2.62. The summed E-state index contributed by atoms with van der Waals surface area (Å²) in [5.41, 5.74) is 0.915. The van der Waals surface area contributed by atoms with Gasteiger partial charge in [-0.15, -0.1) is 0 Å². The number of ketones is 2. The van der Waals surface area contributed by atoms with Crippen molar-refractivity contribution in [3.05, 3.63) is 69.7 Å². The highest BCUT2D eigenvalue weighted by molar-refractivity contribution is 6.35. The molecule has 1 saturated carbocycles. The van der Waals surface area contributed by atoms with Crippen LogP contribution in [-0.4, -0.2) is 72.4 Å². The second-order valence-electron chi connectivity index (χ2n) is 10.5. The Morgan fingerprint density at radius 3 is 1.60 bits per heavy atom. The molecule has 0 N–H and O–H groups in total. The molecule has 45 heavy (non-hydrogen) atoms. The SMILES string of the molecule is CC(=O)OCC1C(OC(C)=O)C(OC(C)=O)C(OC(C)=O)C(c2ccc(Cl)c(C(=O)c3ccc(C(C)=O)cc3)c2)C1OC(C)=O. The van der Waals surface area contributed by atoms with Gasteiger partial charge in [-0.05, 0) is 24.6 Å². The summed E-state index contributed by atoms with van der Waals surface area (Å²) in [5.74, 6) is -6.87. The van der Waals surface area contributed by atoms with Crippen molar-refractivity contribution < 1.29 is 57.2 Å². The van der Waals surface area contributed by atoms with Gasteiger partial charge in [-0.25, -0.2) is 0 Å². The van der Waals surface area contributed by atoms with Crippen LogP contribution in [0.25, 0.3) is 0 Å². The second kappa shape index (κ2) is 14.9. The van der Waals surface area contributed by atoms with Crippen LogP contribution < -0.4 is 0 Å². The van der Waals surface area contributed by atoms with E-state index in [0.717, 1.165) is 34.6 Å². The van der Waals surface area contributed by atoms with Gasteiger partial charge in [0.05, 0.1) is 16.9 Å². The highest BCUT2D eigenvalue weighted by Gasteiger charge is 2.58. The maximum absolute atomic E-state index is 13.6. The molecule has 13 heteroatoms. The molecule has 0 radical (unpaired) electrons. The van der Waals surface area contributed by atoms with E-state index in [4.69, 9.17) is 35.3 Å².